The van der Waals surface area contributed by atoms with Gasteiger partial charge in [-0.25, -0.2) is 22.0 Å². The average Bonchev–Trinajstić information content (AvgIpc) is 2.11. The van der Waals surface area contributed by atoms with E-state index in [4.69, 9.17) is 5.11 Å². The lowest BCUT2D eigenvalue weighted by atomic mass is 10.1. The van der Waals surface area contributed by atoms with Crippen LogP contribution in [-0.4, -0.2) is 5.11 Å². The molecule has 0 aliphatic carbocycles. The molecule has 0 unspecified atom stereocenters. The molecule has 1 N–H and O–H groups in total. The lowest BCUT2D eigenvalue weighted by Crippen LogP contribution is -2.09. The number of halogens is 5. The van der Waals surface area contributed by atoms with E-state index in [9.17, 15) is 22.0 Å². The van der Waals surface area contributed by atoms with Crippen molar-refractivity contribution in [2.75, 3.05) is 0 Å². The fourth-order valence-electron chi connectivity index (χ4n) is 0.989. The van der Waals surface area contributed by atoms with E-state index in [1.165, 1.54) is 0 Å². The largest absolute Gasteiger partial charge is 0.388 e. The van der Waals surface area contributed by atoms with E-state index in [1.54, 1.807) is 0 Å². The Bertz CT molecular complexity index is 345. The molecule has 0 amide bonds. The zero-order chi connectivity index (χ0) is 11.0. The minimum atomic E-state index is -2.23. The van der Waals surface area contributed by atoms with Gasteiger partial charge in [0.05, 0.1) is 11.7 Å². The maximum absolute atomic E-state index is 12.8. The van der Waals surface area contributed by atoms with Crippen molar-refractivity contribution in [1.82, 2.24) is 0 Å². The van der Waals surface area contributed by atoms with Crippen LogP contribution in [0, 0.1) is 29.1 Å². The van der Waals surface area contributed by atoms with Crippen molar-refractivity contribution in [3.8, 4) is 0 Å². The Kier molecular flexibility index (Phi) is 2.75. The minimum Gasteiger partial charge on any atom is -0.388 e. The number of benzene rings is 1. The van der Waals surface area contributed by atoms with Crippen LogP contribution in [0.4, 0.5) is 22.0 Å². The highest BCUT2D eigenvalue weighted by Crippen LogP contribution is 2.27. The number of hydrogen-bond donors (Lipinski definition) is 1. The van der Waals surface area contributed by atoms with Crippen molar-refractivity contribution in [1.29, 1.82) is 0 Å². The van der Waals surface area contributed by atoms with Gasteiger partial charge in [0.25, 0.3) is 0 Å². The Hall–Kier alpha value is -1.17. The Morgan fingerprint density at radius 3 is 1.36 bits per heavy atom. The summed E-state index contributed by atoms with van der Waals surface area (Å²) in [6.45, 7) is 0.901. The quantitative estimate of drug-likeness (QED) is 0.430. The molecule has 0 saturated carbocycles. The normalized spacial score (nSPS) is 13.1. The van der Waals surface area contributed by atoms with Crippen molar-refractivity contribution in [2.45, 2.75) is 13.0 Å². The summed E-state index contributed by atoms with van der Waals surface area (Å²) in [7, 11) is 0. The van der Waals surface area contributed by atoms with Gasteiger partial charge in [0, 0.05) is 0 Å². The number of aliphatic hydroxyl groups is 1. The van der Waals surface area contributed by atoms with Crippen LogP contribution >= 0.6 is 0 Å². The van der Waals surface area contributed by atoms with Gasteiger partial charge >= 0.3 is 0 Å². The number of aliphatic hydroxyl groups excluding tert-OH is 1. The first-order valence-electron chi connectivity index (χ1n) is 3.57. The topological polar surface area (TPSA) is 20.2 Å². The second-order valence-corrected chi connectivity index (χ2v) is 2.66. The lowest BCUT2D eigenvalue weighted by molar-refractivity contribution is 0.183. The summed E-state index contributed by atoms with van der Waals surface area (Å²) in [5.41, 5.74) is -1.22. The molecule has 0 spiro atoms. The van der Waals surface area contributed by atoms with Gasteiger partial charge in [0.15, 0.2) is 23.3 Å². The summed E-state index contributed by atoms with van der Waals surface area (Å²) in [6.07, 6.45) is -1.76. The second-order valence-electron chi connectivity index (χ2n) is 2.66. The number of hydrogen-bond acceptors (Lipinski definition) is 1. The molecule has 14 heavy (non-hydrogen) atoms. The molecule has 0 heterocycles. The summed E-state index contributed by atoms with van der Waals surface area (Å²) in [6, 6.07) is 0. The van der Waals surface area contributed by atoms with Crippen LogP contribution in [0.25, 0.3) is 0 Å². The summed E-state index contributed by atoms with van der Waals surface area (Å²) >= 11 is 0. The van der Waals surface area contributed by atoms with Gasteiger partial charge in [-0.1, -0.05) is 0 Å². The Morgan fingerprint density at radius 2 is 1.07 bits per heavy atom. The molecule has 0 bridgehead atoms. The predicted molar refractivity (Wildman–Crippen MR) is 36.9 cm³/mol. The minimum absolute atomic E-state index is 0.901. The van der Waals surface area contributed by atoms with E-state index in [0.29, 0.717) is 0 Å². The highest BCUT2D eigenvalue weighted by atomic mass is 19.2. The van der Waals surface area contributed by atoms with Crippen LogP contribution in [0.15, 0.2) is 0 Å². The van der Waals surface area contributed by atoms with Crippen LogP contribution in [-0.2, 0) is 0 Å². The molecule has 78 valence electrons. The zero-order valence-corrected chi connectivity index (χ0v) is 6.91. The smallest absolute Gasteiger partial charge is 0.200 e. The van der Waals surface area contributed by atoms with Gasteiger partial charge in [0.1, 0.15) is 0 Å². The van der Waals surface area contributed by atoms with Gasteiger partial charge in [-0.15, -0.1) is 0 Å². The Balaban J connectivity index is 3.60. The van der Waals surface area contributed by atoms with Gasteiger partial charge in [-0.3, -0.25) is 0 Å². The van der Waals surface area contributed by atoms with Crippen molar-refractivity contribution in [3.05, 3.63) is 34.6 Å². The average molecular weight is 212 g/mol. The van der Waals surface area contributed by atoms with Crippen molar-refractivity contribution in [2.24, 2.45) is 0 Å². The van der Waals surface area contributed by atoms with E-state index < -0.39 is 40.8 Å². The monoisotopic (exact) mass is 212 g/mol. The van der Waals surface area contributed by atoms with Crippen LogP contribution in [0.1, 0.15) is 18.6 Å². The van der Waals surface area contributed by atoms with Crippen molar-refractivity contribution < 1.29 is 27.1 Å². The van der Waals surface area contributed by atoms with Crippen molar-refractivity contribution in [3.63, 3.8) is 0 Å². The second kappa shape index (κ2) is 3.53. The Morgan fingerprint density at radius 1 is 0.786 bits per heavy atom. The molecule has 1 aromatic carbocycles. The summed E-state index contributed by atoms with van der Waals surface area (Å²) in [5.74, 6) is -10.4. The molecular weight excluding hydrogens is 207 g/mol. The zero-order valence-electron chi connectivity index (χ0n) is 6.91. The lowest BCUT2D eigenvalue weighted by Gasteiger charge is -2.09. The summed E-state index contributed by atoms with van der Waals surface area (Å²) < 4.78 is 63.0. The standard InChI is InChI=1S/C8H5F5O/c1-2(14)3-4(9)6(11)8(13)7(12)5(3)10/h2,14H,1H3/t2-/m1/s1. The molecule has 0 aliphatic rings. The third kappa shape index (κ3) is 1.45. The van der Waals surface area contributed by atoms with Crippen molar-refractivity contribution >= 4 is 0 Å². The molecule has 0 radical (unpaired) electrons. The number of rotatable bonds is 1. The molecule has 6 heteroatoms. The molecule has 0 fully saturated rings. The van der Waals surface area contributed by atoms with E-state index in [1.807, 2.05) is 0 Å². The van der Waals surface area contributed by atoms with Crippen LogP contribution in [0.3, 0.4) is 0 Å². The molecule has 1 aromatic rings. The highest BCUT2D eigenvalue weighted by Gasteiger charge is 2.27. The molecule has 0 aromatic heterocycles. The van der Waals surface area contributed by atoms with Gasteiger partial charge in [0.2, 0.25) is 5.82 Å². The predicted octanol–water partition coefficient (Wildman–Crippen LogP) is 2.44. The van der Waals surface area contributed by atoms with Gasteiger partial charge in [-0.2, -0.15) is 0 Å². The first-order valence-corrected chi connectivity index (χ1v) is 3.57. The fourth-order valence-corrected chi connectivity index (χ4v) is 0.989. The van der Waals surface area contributed by atoms with Crippen LogP contribution in [0.5, 0.6) is 0 Å². The summed E-state index contributed by atoms with van der Waals surface area (Å²) in [4.78, 5) is 0. The molecule has 1 atom stereocenters. The van der Waals surface area contributed by atoms with E-state index in [2.05, 4.69) is 0 Å². The SMILES string of the molecule is C[C@@H](O)c1c(F)c(F)c(F)c(F)c1F. The Labute approximate surface area is 75.8 Å². The van der Waals surface area contributed by atoms with Crippen LogP contribution in [0.2, 0.25) is 0 Å². The first-order chi connectivity index (χ1) is 6.37. The van der Waals surface area contributed by atoms with Crippen LogP contribution < -0.4 is 0 Å². The molecule has 0 saturated heterocycles. The third-order valence-corrected chi connectivity index (χ3v) is 1.66. The summed E-state index contributed by atoms with van der Waals surface area (Å²) in [5, 5.41) is 8.79. The van der Waals surface area contributed by atoms with E-state index >= 15 is 0 Å². The van der Waals surface area contributed by atoms with E-state index in [0.717, 1.165) is 6.92 Å². The van der Waals surface area contributed by atoms with E-state index in [-0.39, 0.29) is 0 Å². The van der Waals surface area contributed by atoms with Gasteiger partial charge in [-0.05, 0) is 6.92 Å². The molecule has 1 rings (SSSR count). The first kappa shape index (κ1) is 10.9. The molecular formula is C8H5F5O. The molecule has 1 nitrogen and oxygen atoms in total. The fraction of sp³-hybridized carbons (Fsp3) is 0.250. The highest BCUT2D eigenvalue weighted by molar-refractivity contribution is 5.25. The molecule has 0 aliphatic heterocycles. The maximum Gasteiger partial charge on any atom is 0.200 e. The van der Waals surface area contributed by atoms with Gasteiger partial charge < -0.3 is 5.11 Å². The third-order valence-electron chi connectivity index (χ3n) is 1.66. The maximum atomic E-state index is 12.8.